The van der Waals surface area contributed by atoms with Gasteiger partial charge in [0.05, 0.1) is 6.26 Å². The van der Waals surface area contributed by atoms with Crippen LogP contribution in [0.3, 0.4) is 0 Å². The van der Waals surface area contributed by atoms with Crippen molar-refractivity contribution in [1.82, 2.24) is 4.90 Å². The number of furan rings is 1. The van der Waals surface area contributed by atoms with Crippen molar-refractivity contribution in [2.75, 3.05) is 31.1 Å². The molecule has 1 amide bonds. The van der Waals surface area contributed by atoms with E-state index in [0.29, 0.717) is 5.76 Å². The maximum Gasteiger partial charge on any atom is 0.289 e. The van der Waals surface area contributed by atoms with Crippen molar-refractivity contribution in [3.05, 3.63) is 53.0 Å². The molecule has 0 spiro atoms. The molecule has 0 saturated carbocycles. The predicted molar refractivity (Wildman–Crippen MR) is 87.5 cm³/mol. The van der Waals surface area contributed by atoms with Crippen LogP contribution < -0.4 is 4.90 Å². The number of carbonyl (C=O) groups is 1. The van der Waals surface area contributed by atoms with Crippen LogP contribution in [-0.4, -0.2) is 37.0 Å². The van der Waals surface area contributed by atoms with Crippen molar-refractivity contribution in [3.8, 4) is 0 Å². The number of benzene rings is 1. The molecule has 22 heavy (non-hydrogen) atoms. The Balaban J connectivity index is 1.71. The summed E-state index contributed by atoms with van der Waals surface area (Å²) in [7, 11) is 0. The van der Waals surface area contributed by atoms with Crippen molar-refractivity contribution in [2.45, 2.75) is 20.8 Å². The summed E-state index contributed by atoms with van der Waals surface area (Å²) in [6.07, 6.45) is 1.54. The topological polar surface area (TPSA) is 36.7 Å². The fraction of sp³-hybridized carbons (Fsp3) is 0.389. The molecule has 2 aromatic rings. The molecule has 0 atom stereocenters. The quantitative estimate of drug-likeness (QED) is 0.854. The third-order valence-electron chi connectivity index (χ3n) is 4.25. The molecular formula is C18H22N2O2. The molecule has 1 aliphatic rings. The minimum absolute atomic E-state index is 0.0120. The summed E-state index contributed by atoms with van der Waals surface area (Å²) in [6.45, 7) is 9.63. The third kappa shape index (κ3) is 2.73. The van der Waals surface area contributed by atoms with Gasteiger partial charge in [-0.3, -0.25) is 4.79 Å². The Morgan fingerprint density at radius 3 is 2.23 bits per heavy atom. The van der Waals surface area contributed by atoms with E-state index in [0.717, 1.165) is 26.2 Å². The predicted octanol–water partition coefficient (Wildman–Crippen LogP) is 3.17. The lowest BCUT2D eigenvalue weighted by molar-refractivity contribution is 0.0714. The molecule has 0 aliphatic carbocycles. The summed E-state index contributed by atoms with van der Waals surface area (Å²) in [5, 5.41) is 0. The average molecular weight is 298 g/mol. The van der Waals surface area contributed by atoms with Crippen LogP contribution in [0.1, 0.15) is 27.2 Å². The second kappa shape index (κ2) is 5.87. The number of rotatable bonds is 2. The van der Waals surface area contributed by atoms with E-state index in [1.54, 1.807) is 18.4 Å². The standard InChI is InChI=1S/C18H22N2O2/c1-13-11-14(2)17(15(3)12-13)19-6-8-20(9-7-19)18(21)16-5-4-10-22-16/h4-5,10-12H,6-9H2,1-3H3. The SMILES string of the molecule is Cc1cc(C)c(N2CCN(C(=O)c3ccco3)CC2)c(C)c1. The van der Waals surface area contributed by atoms with E-state index in [-0.39, 0.29) is 5.91 Å². The largest absolute Gasteiger partial charge is 0.459 e. The van der Waals surface area contributed by atoms with E-state index in [1.165, 1.54) is 22.4 Å². The summed E-state index contributed by atoms with van der Waals surface area (Å²) >= 11 is 0. The molecule has 0 radical (unpaired) electrons. The Morgan fingerprint density at radius 1 is 1.05 bits per heavy atom. The summed E-state index contributed by atoms with van der Waals surface area (Å²) in [6, 6.07) is 7.93. The van der Waals surface area contributed by atoms with Crippen LogP contribution >= 0.6 is 0 Å². The van der Waals surface area contributed by atoms with Gasteiger partial charge in [0.25, 0.3) is 5.91 Å². The van der Waals surface area contributed by atoms with Crippen LogP contribution in [0.2, 0.25) is 0 Å². The Hall–Kier alpha value is -2.23. The summed E-state index contributed by atoms with van der Waals surface area (Å²) in [5.74, 6) is 0.415. The van der Waals surface area contributed by atoms with Gasteiger partial charge >= 0.3 is 0 Å². The molecular weight excluding hydrogens is 276 g/mol. The molecule has 1 aromatic heterocycles. The van der Waals surface area contributed by atoms with E-state index in [9.17, 15) is 4.79 Å². The van der Waals surface area contributed by atoms with Gasteiger partial charge in [0.15, 0.2) is 5.76 Å². The normalized spacial score (nSPS) is 15.2. The number of hydrogen-bond acceptors (Lipinski definition) is 3. The van der Waals surface area contributed by atoms with Gasteiger partial charge in [0, 0.05) is 31.9 Å². The molecule has 1 aliphatic heterocycles. The Bertz CT molecular complexity index is 645. The van der Waals surface area contributed by atoms with Crippen molar-refractivity contribution >= 4 is 11.6 Å². The molecule has 1 saturated heterocycles. The first-order valence-electron chi connectivity index (χ1n) is 7.72. The molecule has 2 heterocycles. The highest BCUT2D eigenvalue weighted by Gasteiger charge is 2.25. The molecule has 1 fully saturated rings. The zero-order chi connectivity index (χ0) is 15.7. The second-order valence-corrected chi connectivity index (χ2v) is 6.00. The zero-order valence-electron chi connectivity index (χ0n) is 13.4. The van der Waals surface area contributed by atoms with E-state index in [1.807, 2.05) is 4.90 Å². The molecule has 0 bridgehead atoms. The van der Waals surface area contributed by atoms with Crippen molar-refractivity contribution in [1.29, 1.82) is 0 Å². The van der Waals surface area contributed by atoms with Crippen LogP contribution in [0.15, 0.2) is 34.9 Å². The number of piperazine rings is 1. The smallest absolute Gasteiger partial charge is 0.289 e. The summed E-state index contributed by atoms with van der Waals surface area (Å²) in [5.41, 5.74) is 5.23. The third-order valence-corrected chi connectivity index (χ3v) is 4.25. The Kier molecular flexibility index (Phi) is 3.92. The minimum Gasteiger partial charge on any atom is -0.459 e. The van der Waals surface area contributed by atoms with Gasteiger partial charge < -0.3 is 14.2 Å². The Morgan fingerprint density at radius 2 is 1.68 bits per heavy atom. The number of carbonyl (C=O) groups excluding carboxylic acids is 1. The lowest BCUT2D eigenvalue weighted by Crippen LogP contribution is -2.49. The van der Waals surface area contributed by atoms with Crippen LogP contribution in [0.4, 0.5) is 5.69 Å². The highest BCUT2D eigenvalue weighted by Crippen LogP contribution is 2.27. The molecule has 0 unspecified atom stereocenters. The number of hydrogen-bond donors (Lipinski definition) is 0. The fourth-order valence-corrected chi connectivity index (χ4v) is 3.36. The molecule has 116 valence electrons. The van der Waals surface area contributed by atoms with Gasteiger partial charge in [-0.05, 0) is 44.0 Å². The second-order valence-electron chi connectivity index (χ2n) is 6.00. The van der Waals surface area contributed by atoms with E-state index < -0.39 is 0 Å². The van der Waals surface area contributed by atoms with E-state index in [4.69, 9.17) is 4.42 Å². The van der Waals surface area contributed by atoms with Crippen molar-refractivity contribution in [2.24, 2.45) is 0 Å². The van der Waals surface area contributed by atoms with Crippen LogP contribution in [0.5, 0.6) is 0 Å². The molecule has 3 rings (SSSR count). The highest BCUT2D eigenvalue weighted by atomic mass is 16.3. The van der Waals surface area contributed by atoms with E-state index in [2.05, 4.69) is 37.8 Å². The number of nitrogens with zero attached hydrogens (tertiary/aromatic N) is 2. The molecule has 4 nitrogen and oxygen atoms in total. The van der Waals surface area contributed by atoms with Gasteiger partial charge in [0.1, 0.15) is 0 Å². The maximum absolute atomic E-state index is 12.3. The summed E-state index contributed by atoms with van der Waals surface area (Å²) < 4.78 is 5.21. The number of aryl methyl sites for hydroxylation is 3. The first-order valence-corrected chi connectivity index (χ1v) is 7.72. The molecule has 1 aromatic carbocycles. The van der Waals surface area contributed by atoms with Crippen LogP contribution in [0.25, 0.3) is 0 Å². The molecule has 0 N–H and O–H groups in total. The van der Waals surface area contributed by atoms with Crippen LogP contribution in [-0.2, 0) is 0 Å². The first kappa shape index (κ1) is 14.7. The van der Waals surface area contributed by atoms with Gasteiger partial charge in [-0.1, -0.05) is 17.7 Å². The average Bonchev–Trinajstić information content (AvgIpc) is 3.00. The number of anilines is 1. The zero-order valence-corrected chi connectivity index (χ0v) is 13.4. The first-order chi connectivity index (χ1) is 10.6. The lowest BCUT2D eigenvalue weighted by atomic mass is 10.0. The van der Waals surface area contributed by atoms with Crippen molar-refractivity contribution in [3.63, 3.8) is 0 Å². The van der Waals surface area contributed by atoms with Gasteiger partial charge in [-0.2, -0.15) is 0 Å². The van der Waals surface area contributed by atoms with Crippen molar-refractivity contribution < 1.29 is 9.21 Å². The highest BCUT2D eigenvalue weighted by molar-refractivity contribution is 5.91. The van der Waals surface area contributed by atoms with Gasteiger partial charge in [-0.15, -0.1) is 0 Å². The number of amides is 1. The van der Waals surface area contributed by atoms with Gasteiger partial charge in [-0.25, -0.2) is 0 Å². The Labute approximate surface area is 131 Å². The lowest BCUT2D eigenvalue weighted by Gasteiger charge is -2.37. The van der Waals surface area contributed by atoms with Gasteiger partial charge in [0.2, 0.25) is 0 Å². The fourth-order valence-electron chi connectivity index (χ4n) is 3.36. The maximum atomic E-state index is 12.3. The van der Waals surface area contributed by atoms with Crippen LogP contribution in [0, 0.1) is 20.8 Å². The monoisotopic (exact) mass is 298 g/mol. The van der Waals surface area contributed by atoms with E-state index >= 15 is 0 Å². The minimum atomic E-state index is -0.0120. The summed E-state index contributed by atoms with van der Waals surface area (Å²) in [4.78, 5) is 16.6. The molecule has 4 heteroatoms.